The smallest absolute Gasteiger partial charge is 0.150 e. The van der Waals surface area contributed by atoms with Crippen LogP contribution in [0.1, 0.15) is 13.3 Å². The third-order valence-corrected chi connectivity index (χ3v) is 1.84. The van der Waals surface area contributed by atoms with Gasteiger partial charge < -0.3 is 4.90 Å². The summed E-state index contributed by atoms with van der Waals surface area (Å²) >= 11 is 5.89. The predicted octanol–water partition coefficient (Wildman–Crippen LogP) is 1.98. The first-order valence-corrected chi connectivity index (χ1v) is 4.30. The van der Waals surface area contributed by atoms with Gasteiger partial charge in [-0.1, -0.05) is 18.5 Å². The molecule has 0 saturated carbocycles. The van der Waals surface area contributed by atoms with Gasteiger partial charge in [0.1, 0.15) is 11.3 Å². The van der Waals surface area contributed by atoms with Crippen LogP contribution in [0.4, 0.5) is 5.82 Å². The van der Waals surface area contributed by atoms with E-state index in [9.17, 15) is 0 Å². The van der Waals surface area contributed by atoms with Crippen LogP contribution < -0.4 is 4.90 Å². The molecule has 0 spiro atoms. The number of hydrogen-bond acceptors (Lipinski definition) is 3. The fourth-order valence-corrected chi connectivity index (χ4v) is 1.28. The van der Waals surface area contributed by atoms with Crippen LogP contribution in [0.5, 0.6) is 0 Å². The van der Waals surface area contributed by atoms with E-state index in [1.807, 2.05) is 11.9 Å². The number of hydrogen-bond donors (Lipinski definition) is 0. The first-order chi connectivity index (χ1) is 5.75. The van der Waals surface area contributed by atoms with Gasteiger partial charge in [0.15, 0.2) is 5.82 Å². The molecule has 1 heterocycles. The van der Waals surface area contributed by atoms with Crippen molar-refractivity contribution in [3.8, 4) is 0 Å². The molecule has 0 unspecified atom stereocenters. The summed E-state index contributed by atoms with van der Waals surface area (Å²) in [7, 11) is 1.97. The van der Waals surface area contributed by atoms with Crippen LogP contribution in [-0.2, 0) is 0 Å². The first-order valence-electron chi connectivity index (χ1n) is 3.92. The Kier molecular flexibility index (Phi) is 3.29. The van der Waals surface area contributed by atoms with Crippen molar-refractivity contribution in [3.63, 3.8) is 0 Å². The van der Waals surface area contributed by atoms with Gasteiger partial charge in [0, 0.05) is 13.6 Å². The molecule has 0 fully saturated rings. The minimum absolute atomic E-state index is 0.605. The van der Waals surface area contributed by atoms with E-state index in [1.54, 1.807) is 6.20 Å². The maximum absolute atomic E-state index is 5.89. The lowest BCUT2D eigenvalue weighted by Gasteiger charge is -2.17. The van der Waals surface area contributed by atoms with Crippen LogP contribution in [0.25, 0.3) is 0 Å². The molecule has 0 aliphatic carbocycles. The molecular formula is C8H12ClN3. The number of nitrogens with zero attached hydrogens (tertiary/aromatic N) is 3. The van der Waals surface area contributed by atoms with Gasteiger partial charge in [0.2, 0.25) is 0 Å². The highest BCUT2D eigenvalue weighted by Gasteiger charge is 2.04. The minimum atomic E-state index is 0.605. The fraction of sp³-hybridized carbons (Fsp3) is 0.500. The van der Waals surface area contributed by atoms with Crippen LogP contribution in [0.3, 0.4) is 0 Å². The van der Waals surface area contributed by atoms with Gasteiger partial charge in [-0.05, 0) is 6.42 Å². The van der Waals surface area contributed by atoms with Gasteiger partial charge >= 0.3 is 0 Å². The van der Waals surface area contributed by atoms with Crippen molar-refractivity contribution in [3.05, 3.63) is 17.5 Å². The molecule has 0 N–H and O–H groups in total. The Bertz CT molecular complexity index is 252. The van der Waals surface area contributed by atoms with Crippen LogP contribution in [-0.4, -0.2) is 23.6 Å². The van der Waals surface area contributed by atoms with Crippen LogP contribution in [0.15, 0.2) is 12.5 Å². The van der Waals surface area contributed by atoms with Gasteiger partial charge in [0.05, 0.1) is 6.20 Å². The Balaban J connectivity index is 2.79. The Morgan fingerprint density at radius 1 is 1.58 bits per heavy atom. The molecule has 1 aromatic heterocycles. The maximum Gasteiger partial charge on any atom is 0.150 e. The molecule has 3 nitrogen and oxygen atoms in total. The summed E-state index contributed by atoms with van der Waals surface area (Å²) in [4.78, 5) is 9.92. The topological polar surface area (TPSA) is 29.0 Å². The molecule has 0 bridgehead atoms. The van der Waals surface area contributed by atoms with E-state index in [2.05, 4.69) is 16.9 Å². The minimum Gasteiger partial charge on any atom is -0.358 e. The molecule has 0 radical (unpaired) electrons. The maximum atomic E-state index is 5.89. The molecule has 1 aromatic rings. The van der Waals surface area contributed by atoms with E-state index in [-0.39, 0.29) is 0 Å². The lowest BCUT2D eigenvalue weighted by molar-refractivity contribution is 0.834. The monoisotopic (exact) mass is 185 g/mol. The van der Waals surface area contributed by atoms with E-state index < -0.39 is 0 Å². The molecule has 1 rings (SSSR count). The van der Waals surface area contributed by atoms with Gasteiger partial charge in [-0.15, -0.1) is 0 Å². The summed E-state index contributed by atoms with van der Waals surface area (Å²) in [6.07, 6.45) is 4.19. The molecule has 0 aromatic carbocycles. The zero-order valence-corrected chi connectivity index (χ0v) is 8.04. The highest BCUT2D eigenvalue weighted by atomic mass is 35.5. The SMILES string of the molecule is CCCN(C)c1ncncc1Cl. The van der Waals surface area contributed by atoms with Crippen molar-refractivity contribution in [2.24, 2.45) is 0 Å². The first kappa shape index (κ1) is 9.26. The van der Waals surface area contributed by atoms with Gasteiger partial charge in [-0.25, -0.2) is 9.97 Å². The van der Waals surface area contributed by atoms with Crippen molar-refractivity contribution in [2.75, 3.05) is 18.5 Å². The second kappa shape index (κ2) is 4.26. The third kappa shape index (κ3) is 2.08. The van der Waals surface area contributed by atoms with Gasteiger partial charge in [0.25, 0.3) is 0 Å². The number of rotatable bonds is 3. The van der Waals surface area contributed by atoms with Gasteiger partial charge in [-0.2, -0.15) is 0 Å². The average molecular weight is 186 g/mol. The summed E-state index contributed by atoms with van der Waals surface area (Å²) in [5.41, 5.74) is 0. The second-order valence-corrected chi connectivity index (χ2v) is 3.02. The van der Waals surface area contributed by atoms with Crippen LogP contribution in [0.2, 0.25) is 5.02 Å². The summed E-state index contributed by atoms with van der Waals surface area (Å²) in [5.74, 6) is 0.800. The zero-order chi connectivity index (χ0) is 8.97. The van der Waals surface area contributed by atoms with E-state index >= 15 is 0 Å². The highest BCUT2D eigenvalue weighted by molar-refractivity contribution is 6.32. The number of halogens is 1. The summed E-state index contributed by atoms with van der Waals surface area (Å²) in [5, 5.41) is 0.605. The number of anilines is 1. The molecular weight excluding hydrogens is 174 g/mol. The fourth-order valence-electron chi connectivity index (χ4n) is 1.03. The van der Waals surface area contributed by atoms with E-state index in [0.717, 1.165) is 18.8 Å². The van der Waals surface area contributed by atoms with Crippen molar-refractivity contribution in [1.82, 2.24) is 9.97 Å². The average Bonchev–Trinajstić information content (AvgIpc) is 2.05. The normalized spacial score (nSPS) is 9.92. The summed E-state index contributed by atoms with van der Waals surface area (Å²) < 4.78 is 0. The lowest BCUT2D eigenvalue weighted by atomic mass is 10.4. The molecule has 0 aliphatic rings. The summed E-state index contributed by atoms with van der Waals surface area (Å²) in [6, 6.07) is 0. The highest BCUT2D eigenvalue weighted by Crippen LogP contribution is 2.19. The summed E-state index contributed by atoms with van der Waals surface area (Å²) in [6.45, 7) is 3.07. The van der Waals surface area contributed by atoms with Crippen LogP contribution in [0, 0.1) is 0 Å². The Morgan fingerprint density at radius 2 is 2.33 bits per heavy atom. The zero-order valence-electron chi connectivity index (χ0n) is 7.29. The van der Waals surface area contributed by atoms with E-state index in [1.165, 1.54) is 6.33 Å². The van der Waals surface area contributed by atoms with Crippen molar-refractivity contribution >= 4 is 17.4 Å². The molecule has 66 valence electrons. The van der Waals surface area contributed by atoms with Crippen LogP contribution >= 0.6 is 11.6 Å². The molecule has 12 heavy (non-hydrogen) atoms. The Hall–Kier alpha value is -0.830. The lowest BCUT2D eigenvalue weighted by Crippen LogP contribution is -2.19. The molecule has 0 amide bonds. The van der Waals surface area contributed by atoms with E-state index in [0.29, 0.717) is 5.02 Å². The predicted molar refractivity (Wildman–Crippen MR) is 50.6 cm³/mol. The van der Waals surface area contributed by atoms with Crippen molar-refractivity contribution in [1.29, 1.82) is 0 Å². The quantitative estimate of drug-likeness (QED) is 0.721. The second-order valence-electron chi connectivity index (χ2n) is 2.62. The number of aromatic nitrogens is 2. The Labute approximate surface area is 77.4 Å². The largest absolute Gasteiger partial charge is 0.358 e. The Morgan fingerprint density at radius 3 is 2.92 bits per heavy atom. The van der Waals surface area contributed by atoms with E-state index in [4.69, 9.17) is 11.6 Å². The molecule has 0 saturated heterocycles. The van der Waals surface area contributed by atoms with Crippen molar-refractivity contribution < 1.29 is 0 Å². The molecule has 0 aliphatic heterocycles. The van der Waals surface area contributed by atoms with Gasteiger partial charge in [-0.3, -0.25) is 0 Å². The third-order valence-electron chi connectivity index (χ3n) is 1.57. The molecule has 0 atom stereocenters. The molecule has 4 heteroatoms. The van der Waals surface area contributed by atoms with Crippen molar-refractivity contribution in [2.45, 2.75) is 13.3 Å². The standard InChI is InChI=1S/C8H12ClN3/c1-3-4-12(2)8-7(9)5-10-6-11-8/h5-6H,3-4H2,1-2H3.